The highest BCUT2D eigenvalue weighted by Gasteiger charge is 1.86. The lowest BCUT2D eigenvalue weighted by Gasteiger charge is -1.93. The van der Waals surface area contributed by atoms with E-state index < -0.39 is 9.04 Å². The monoisotopic (exact) mass is 217 g/mol. The molecule has 2 N–H and O–H groups in total. The Balaban J connectivity index is 0. The number of hydrogen-bond donors (Lipinski definition) is 2. The van der Waals surface area contributed by atoms with Crippen LogP contribution >= 0.6 is 0 Å². The van der Waals surface area contributed by atoms with Crippen molar-refractivity contribution in [3.63, 3.8) is 0 Å². The zero-order valence-corrected chi connectivity index (χ0v) is 10.7. The second kappa shape index (κ2) is 14.6. The highest BCUT2D eigenvalue weighted by atomic mass is 28.3. The molecule has 0 atom stereocenters. The molecule has 13 heavy (non-hydrogen) atoms. The molecule has 0 amide bonds. The average molecular weight is 217 g/mol. The van der Waals surface area contributed by atoms with Gasteiger partial charge in [0, 0.05) is 0 Å². The van der Waals surface area contributed by atoms with Gasteiger partial charge in [0.1, 0.15) is 0 Å². The van der Waals surface area contributed by atoms with E-state index in [4.69, 9.17) is 9.59 Å². The highest BCUT2D eigenvalue weighted by molar-refractivity contribution is 6.46. The maximum absolute atomic E-state index is 8.43. The van der Waals surface area contributed by atoms with Gasteiger partial charge in [0.2, 0.25) is 9.76 Å². The quantitative estimate of drug-likeness (QED) is 0.406. The van der Waals surface area contributed by atoms with Gasteiger partial charge in [0.15, 0.2) is 9.04 Å². The summed E-state index contributed by atoms with van der Waals surface area (Å²) in [5, 5.41) is 0. The van der Waals surface area contributed by atoms with Gasteiger partial charge in [-0.15, -0.1) is 6.58 Å². The molecule has 0 rings (SSSR count). The summed E-state index contributed by atoms with van der Waals surface area (Å²) < 4.78 is 0. The Morgan fingerprint density at radius 3 is 2.23 bits per heavy atom. The fourth-order valence-corrected chi connectivity index (χ4v) is 1.08. The van der Waals surface area contributed by atoms with Crippen LogP contribution in [0.3, 0.4) is 0 Å². The third-order valence-electron chi connectivity index (χ3n) is 1.20. The van der Waals surface area contributed by atoms with Crippen LogP contribution in [0.1, 0.15) is 25.7 Å². The lowest BCUT2D eigenvalue weighted by atomic mass is 10.2. The fourth-order valence-electron chi connectivity index (χ4n) is 0.670. The van der Waals surface area contributed by atoms with Gasteiger partial charge in [-0.25, -0.2) is 0 Å². The molecular weight excluding hydrogens is 196 g/mol. The van der Waals surface area contributed by atoms with Crippen molar-refractivity contribution in [2.45, 2.75) is 44.8 Å². The molecule has 0 spiro atoms. The van der Waals surface area contributed by atoms with Crippen molar-refractivity contribution in [1.29, 1.82) is 0 Å². The van der Waals surface area contributed by atoms with Gasteiger partial charge < -0.3 is 9.59 Å². The minimum Gasteiger partial charge on any atom is -0.432 e. The van der Waals surface area contributed by atoms with Crippen molar-refractivity contribution in [3.05, 3.63) is 12.7 Å². The maximum Gasteiger partial charge on any atom is 0.224 e. The van der Waals surface area contributed by atoms with Crippen LogP contribution in [-0.2, 0) is 0 Å². The van der Waals surface area contributed by atoms with Crippen molar-refractivity contribution < 1.29 is 9.59 Å². The maximum atomic E-state index is 8.43. The van der Waals surface area contributed by atoms with Crippen LogP contribution in [-0.4, -0.2) is 28.4 Å². The molecule has 0 aromatic heterocycles. The lowest BCUT2D eigenvalue weighted by molar-refractivity contribution is 0.587. The van der Waals surface area contributed by atoms with E-state index in [1.54, 1.807) is 0 Å². The standard InChI is InChI=1S/C7H14OSi.C2H7OSi/c1-2-3-4-5-6-7-9-8;1-4(2)3/h2,8H,1,3-7H2;3H,1-2H3. The Bertz CT molecular complexity index is 94.9. The van der Waals surface area contributed by atoms with Gasteiger partial charge in [0.05, 0.1) is 0 Å². The Labute approximate surface area is 86.4 Å². The van der Waals surface area contributed by atoms with Gasteiger partial charge in [-0.2, -0.15) is 0 Å². The van der Waals surface area contributed by atoms with Gasteiger partial charge in [0.25, 0.3) is 0 Å². The van der Waals surface area contributed by atoms with Gasteiger partial charge in [-0.3, -0.25) is 0 Å². The SMILES string of the molecule is C=CCCCCC[Si]O.C[Si](C)O. The van der Waals surface area contributed by atoms with E-state index in [-0.39, 0.29) is 9.76 Å². The number of allylic oxidation sites excluding steroid dienone is 1. The van der Waals surface area contributed by atoms with E-state index in [2.05, 4.69) is 6.58 Å². The molecule has 2 nitrogen and oxygen atoms in total. The summed E-state index contributed by atoms with van der Waals surface area (Å²) in [4.78, 5) is 16.6. The topological polar surface area (TPSA) is 40.5 Å². The summed E-state index contributed by atoms with van der Waals surface area (Å²) in [6.07, 6.45) is 6.70. The van der Waals surface area contributed by atoms with Crippen molar-refractivity contribution in [2.75, 3.05) is 0 Å². The molecule has 0 bridgehead atoms. The predicted octanol–water partition coefficient (Wildman–Crippen LogP) is 1.99. The summed E-state index contributed by atoms with van der Waals surface area (Å²) in [5.41, 5.74) is 0. The van der Waals surface area contributed by atoms with Gasteiger partial charge in [-0.05, 0) is 32.0 Å². The van der Waals surface area contributed by atoms with Crippen LogP contribution in [0.15, 0.2) is 12.7 Å². The molecule has 0 aliphatic heterocycles. The number of rotatable bonds is 6. The largest absolute Gasteiger partial charge is 0.432 e. The fraction of sp³-hybridized carbons (Fsp3) is 0.778. The summed E-state index contributed by atoms with van der Waals surface area (Å²) >= 11 is 0. The minimum absolute atomic E-state index is 0.144. The predicted molar refractivity (Wildman–Crippen MR) is 61.1 cm³/mol. The van der Waals surface area contributed by atoms with E-state index in [0.717, 1.165) is 12.5 Å². The third kappa shape index (κ3) is 33.2. The molecule has 0 fully saturated rings. The Kier molecular flexibility index (Phi) is 17.5. The van der Waals surface area contributed by atoms with Crippen LogP contribution in [0.25, 0.3) is 0 Å². The van der Waals surface area contributed by atoms with Gasteiger partial charge in [-0.1, -0.05) is 18.9 Å². The van der Waals surface area contributed by atoms with Crippen LogP contribution in [0.4, 0.5) is 0 Å². The lowest BCUT2D eigenvalue weighted by Crippen LogP contribution is -1.93. The van der Waals surface area contributed by atoms with E-state index in [1.165, 1.54) is 19.3 Å². The Morgan fingerprint density at radius 2 is 1.85 bits per heavy atom. The first-order valence-corrected chi connectivity index (χ1v) is 8.22. The smallest absolute Gasteiger partial charge is 0.224 e. The zero-order chi connectivity index (χ0) is 10.5. The highest BCUT2D eigenvalue weighted by Crippen LogP contribution is 2.01. The van der Waals surface area contributed by atoms with Crippen molar-refractivity contribution in [3.8, 4) is 0 Å². The summed E-state index contributed by atoms with van der Waals surface area (Å²) in [7, 11) is -0.736. The molecule has 0 saturated heterocycles. The summed E-state index contributed by atoms with van der Waals surface area (Å²) in [6, 6.07) is 0.983. The summed E-state index contributed by atoms with van der Waals surface area (Å²) in [5.74, 6) is 0. The van der Waals surface area contributed by atoms with Crippen LogP contribution in [0, 0.1) is 0 Å². The molecular formula is C9H21O2Si2. The molecule has 0 heterocycles. The molecule has 0 aliphatic carbocycles. The normalized spacial score (nSPS) is 9.31. The first-order valence-electron chi connectivity index (χ1n) is 4.62. The van der Waals surface area contributed by atoms with E-state index in [9.17, 15) is 0 Å². The van der Waals surface area contributed by atoms with Gasteiger partial charge >= 0.3 is 0 Å². The summed E-state index contributed by atoms with van der Waals surface area (Å²) in [6.45, 7) is 7.28. The second-order valence-electron chi connectivity index (χ2n) is 2.99. The Morgan fingerprint density at radius 1 is 1.31 bits per heavy atom. The molecule has 0 unspecified atom stereocenters. The molecule has 3 radical (unpaired) electrons. The van der Waals surface area contributed by atoms with Crippen LogP contribution in [0.2, 0.25) is 19.1 Å². The Hall–Kier alpha value is 0.0938. The van der Waals surface area contributed by atoms with Crippen molar-refractivity contribution in [2.24, 2.45) is 0 Å². The molecule has 0 aromatic rings. The van der Waals surface area contributed by atoms with E-state index >= 15 is 0 Å². The van der Waals surface area contributed by atoms with Crippen molar-refractivity contribution in [1.82, 2.24) is 0 Å². The first kappa shape index (κ1) is 15.6. The molecule has 0 aliphatic rings. The van der Waals surface area contributed by atoms with Crippen molar-refractivity contribution >= 4 is 18.8 Å². The molecule has 0 saturated carbocycles. The minimum atomic E-state index is -0.880. The molecule has 4 heteroatoms. The van der Waals surface area contributed by atoms with E-state index in [0.29, 0.717) is 0 Å². The molecule has 77 valence electrons. The second-order valence-corrected chi connectivity index (χ2v) is 5.70. The number of unbranched alkanes of at least 4 members (excludes halogenated alkanes) is 3. The van der Waals surface area contributed by atoms with Crippen LogP contribution in [0.5, 0.6) is 0 Å². The average Bonchev–Trinajstić information content (AvgIpc) is 2.03. The number of hydrogen-bond acceptors (Lipinski definition) is 2. The van der Waals surface area contributed by atoms with E-state index in [1.807, 2.05) is 19.2 Å². The first-order chi connectivity index (χ1) is 6.15. The third-order valence-corrected chi connectivity index (χ3v) is 1.77. The van der Waals surface area contributed by atoms with Crippen LogP contribution < -0.4 is 0 Å². The molecule has 0 aromatic carbocycles. The zero-order valence-electron chi connectivity index (χ0n) is 8.71.